The lowest BCUT2D eigenvalue weighted by Crippen LogP contribution is -2.29. The molecule has 108 valence electrons. The molecule has 1 aliphatic heterocycles. The predicted octanol–water partition coefficient (Wildman–Crippen LogP) is 2.52. The highest BCUT2D eigenvalue weighted by molar-refractivity contribution is 7.97. The van der Waals surface area contributed by atoms with Crippen LogP contribution < -0.4 is 5.73 Å². The summed E-state index contributed by atoms with van der Waals surface area (Å²) in [5.74, 6) is 1.48. The Morgan fingerprint density at radius 2 is 1.90 bits per heavy atom. The molecule has 2 N–H and O–H groups in total. The Kier molecular flexibility index (Phi) is 3.47. The van der Waals surface area contributed by atoms with E-state index in [1.807, 2.05) is 12.3 Å². The number of hydrogen-bond donors (Lipinski definition) is 1. The van der Waals surface area contributed by atoms with E-state index in [2.05, 4.69) is 0 Å². The van der Waals surface area contributed by atoms with E-state index in [0.29, 0.717) is 22.6 Å². The standard InChI is InChI=1S/C15H14N2O3S/c1-21-8-10-6-5-9(20-10)7-17-14(18)11-3-2-4-12(16)13(11)15(17)19/h2-6H,7-8,16H2,1H3. The highest BCUT2D eigenvalue weighted by atomic mass is 32.2. The quantitative estimate of drug-likeness (QED) is 0.693. The summed E-state index contributed by atoms with van der Waals surface area (Å²) >= 11 is 1.65. The van der Waals surface area contributed by atoms with Crippen molar-refractivity contribution in [3.8, 4) is 0 Å². The van der Waals surface area contributed by atoms with Crippen LogP contribution in [0.15, 0.2) is 34.7 Å². The van der Waals surface area contributed by atoms with Crippen molar-refractivity contribution in [3.63, 3.8) is 0 Å². The summed E-state index contributed by atoms with van der Waals surface area (Å²) in [6.45, 7) is 0.125. The average molecular weight is 302 g/mol. The Bertz CT molecular complexity index is 723. The monoisotopic (exact) mass is 302 g/mol. The fraction of sp³-hybridized carbons (Fsp3) is 0.200. The molecule has 2 aromatic rings. The molecule has 0 saturated heterocycles. The Hall–Kier alpha value is -2.21. The second-order valence-electron chi connectivity index (χ2n) is 4.77. The number of carbonyl (C=O) groups excluding carboxylic acids is 2. The van der Waals surface area contributed by atoms with Crippen LogP contribution in [0, 0.1) is 0 Å². The van der Waals surface area contributed by atoms with Crippen molar-refractivity contribution in [2.45, 2.75) is 12.3 Å². The van der Waals surface area contributed by atoms with Gasteiger partial charge in [0.25, 0.3) is 11.8 Å². The van der Waals surface area contributed by atoms with Gasteiger partial charge in [-0.25, -0.2) is 0 Å². The van der Waals surface area contributed by atoms with Crippen molar-refractivity contribution in [3.05, 3.63) is 53.0 Å². The molecule has 0 aliphatic carbocycles. The maximum Gasteiger partial charge on any atom is 0.264 e. The van der Waals surface area contributed by atoms with Gasteiger partial charge in [-0.2, -0.15) is 11.8 Å². The zero-order chi connectivity index (χ0) is 15.0. The van der Waals surface area contributed by atoms with E-state index in [1.54, 1.807) is 36.0 Å². The van der Waals surface area contributed by atoms with Gasteiger partial charge in [0.05, 0.1) is 23.4 Å². The van der Waals surface area contributed by atoms with Crippen molar-refractivity contribution in [1.29, 1.82) is 0 Å². The molecule has 5 nitrogen and oxygen atoms in total. The average Bonchev–Trinajstić information content (AvgIpc) is 2.99. The number of nitrogens with zero attached hydrogens (tertiary/aromatic N) is 1. The maximum absolute atomic E-state index is 12.3. The summed E-state index contributed by atoms with van der Waals surface area (Å²) < 4.78 is 5.61. The molecule has 6 heteroatoms. The molecule has 1 aromatic heterocycles. The van der Waals surface area contributed by atoms with Crippen LogP contribution in [0.2, 0.25) is 0 Å². The molecule has 1 aliphatic rings. The highest BCUT2D eigenvalue weighted by Crippen LogP contribution is 2.29. The van der Waals surface area contributed by atoms with Gasteiger partial charge in [0, 0.05) is 5.69 Å². The number of carbonyl (C=O) groups is 2. The number of furan rings is 1. The molecule has 21 heavy (non-hydrogen) atoms. The van der Waals surface area contributed by atoms with E-state index >= 15 is 0 Å². The fourth-order valence-corrected chi connectivity index (χ4v) is 2.83. The summed E-state index contributed by atoms with van der Waals surface area (Å²) in [7, 11) is 0. The van der Waals surface area contributed by atoms with E-state index < -0.39 is 0 Å². The minimum atomic E-state index is -0.365. The van der Waals surface area contributed by atoms with Gasteiger partial charge in [-0.15, -0.1) is 0 Å². The minimum Gasteiger partial charge on any atom is -0.463 e. The molecule has 1 aromatic carbocycles. The number of rotatable bonds is 4. The van der Waals surface area contributed by atoms with Crippen LogP contribution in [-0.4, -0.2) is 23.0 Å². The van der Waals surface area contributed by atoms with E-state index in [1.165, 1.54) is 4.90 Å². The van der Waals surface area contributed by atoms with Crippen LogP contribution in [0.25, 0.3) is 0 Å². The van der Waals surface area contributed by atoms with Gasteiger partial charge in [-0.3, -0.25) is 14.5 Å². The zero-order valence-corrected chi connectivity index (χ0v) is 12.3. The number of imide groups is 1. The zero-order valence-electron chi connectivity index (χ0n) is 11.5. The van der Waals surface area contributed by atoms with Crippen LogP contribution >= 0.6 is 11.8 Å². The Balaban J connectivity index is 1.86. The van der Waals surface area contributed by atoms with E-state index in [0.717, 1.165) is 11.5 Å². The van der Waals surface area contributed by atoms with Gasteiger partial charge in [-0.1, -0.05) is 6.07 Å². The molecule has 3 rings (SSSR count). The van der Waals surface area contributed by atoms with Gasteiger partial charge in [0.1, 0.15) is 11.5 Å². The summed E-state index contributed by atoms with van der Waals surface area (Å²) in [6.07, 6.45) is 1.98. The summed E-state index contributed by atoms with van der Waals surface area (Å²) in [5, 5.41) is 0. The lowest BCUT2D eigenvalue weighted by Gasteiger charge is -2.11. The van der Waals surface area contributed by atoms with Crippen LogP contribution in [-0.2, 0) is 12.3 Å². The number of anilines is 1. The van der Waals surface area contributed by atoms with E-state index in [9.17, 15) is 9.59 Å². The molecule has 0 unspecified atom stereocenters. The van der Waals surface area contributed by atoms with Crippen molar-refractivity contribution in [2.24, 2.45) is 0 Å². The summed E-state index contributed by atoms with van der Waals surface area (Å²) in [6, 6.07) is 8.56. The second kappa shape index (κ2) is 5.29. The van der Waals surface area contributed by atoms with Gasteiger partial charge >= 0.3 is 0 Å². The highest BCUT2D eigenvalue weighted by Gasteiger charge is 2.37. The molecule has 0 atom stereocenters. The molecule has 0 radical (unpaired) electrons. The largest absolute Gasteiger partial charge is 0.463 e. The molecular formula is C15H14N2O3S. The van der Waals surface area contributed by atoms with Crippen molar-refractivity contribution < 1.29 is 14.0 Å². The maximum atomic E-state index is 12.3. The molecule has 0 saturated carbocycles. The molecule has 0 fully saturated rings. The first-order valence-corrected chi connectivity index (χ1v) is 7.82. The van der Waals surface area contributed by atoms with Gasteiger partial charge in [-0.05, 0) is 30.5 Å². The number of fused-ring (bicyclic) bond motifs is 1. The van der Waals surface area contributed by atoms with E-state index in [4.69, 9.17) is 10.2 Å². The van der Waals surface area contributed by atoms with Crippen LogP contribution in [0.3, 0.4) is 0 Å². The van der Waals surface area contributed by atoms with Crippen molar-refractivity contribution >= 4 is 29.3 Å². The van der Waals surface area contributed by atoms with Crippen molar-refractivity contribution in [2.75, 3.05) is 12.0 Å². The Labute approximate surface area is 126 Å². The Morgan fingerprint density at radius 1 is 1.14 bits per heavy atom. The van der Waals surface area contributed by atoms with Gasteiger partial charge < -0.3 is 10.2 Å². The number of thioether (sulfide) groups is 1. The topological polar surface area (TPSA) is 76.5 Å². The van der Waals surface area contributed by atoms with Gasteiger partial charge in [0.2, 0.25) is 0 Å². The predicted molar refractivity (Wildman–Crippen MR) is 81.0 cm³/mol. The van der Waals surface area contributed by atoms with E-state index in [-0.39, 0.29) is 18.4 Å². The van der Waals surface area contributed by atoms with Gasteiger partial charge in [0.15, 0.2) is 0 Å². The fourth-order valence-electron chi connectivity index (χ4n) is 2.39. The number of nitrogens with two attached hydrogens (primary N) is 1. The molecular weight excluding hydrogens is 288 g/mol. The minimum absolute atomic E-state index is 0.125. The SMILES string of the molecule is CSCc1ccc(CN2C(=O)c3cccc(N)c3C2=O)o1. The lowest BCUT2D eigenvalue weighted by molar-refractivity contribution is 0.0631. The summed E-state index contributed by atoms with van der Waals surface area (Å²) in [5.41, 5.74) is 6.77. The summed E-state index contributed by atoms with van der Waals surface area (Å²) in [4.78, 5) is 25.8. The number of benzene rings is 1. The second-order valence-corrected chi connectivity index (χ2v) is 5.63. The molecule has 2 amide bonds. The molecule has 2 heterocycles. The third-order valence-corrected chi connectivity index (χ3v) is 3.92. The van der Waals surface area contributed by atoms with Crippen LogP contribution in [0.5, 0.6) is 0 Å². The number of hydrogen-bond acceptors (Lipinski definition) is 5. The smallest absolute Gasteiger partial charge is 0.264 e. The number of nitrogen functional groups attached to an aromatic ring is 1. The van der Waals surface area contributed by atoms with Crippen LogP contribution in [0.1, 0.15) is 32.2 Å². The van der Waals surface area contributed by atoms with Crippen molar-refractivity contribution in [1.82, 2.24) is 4.90 Å². The third-order valence-electron chi connectivity index (χ3n) is 3.35. The lowest BCUT2D eigenvalue weighted by atomic mass is 10.1. The molecule has 0 spiro atoms. The first-order valence-electron chi connectivity index (χ1n) is 6.43. The number of amides is 2. The normalized spacial score (nSPS) is 13.9. The first kappa shape index (κ1) is 13.8. The van der Waals surface area contributed by atoms with Crippen LogP contribution in [0.4, 0.5) is 5.69 Å². The first-order chi connectivity index (χ1) is 10.1. The Morgan fingerprint density at radius 3 is 2.62 bits per heavy atom. The molecule has 0 bridgehead atoms. The third kappa shape index (κ3) is 2.31.